The molecule has 1 unspecified atom stereocenters. The summed E-state index contributed by atoms with van der Waals surface area (Å²) in [5.74, 6) is 0.357. The molecule has 1 aromatic rings. The standard InChI is InChI=1S/C21H29BO4/c1-14(10-18-11-15(2)21(23)16(3)12-18)6-7-20-19(17(4)13-25-5)8-9-22(24)26-20/h8,10-12,20,23-24H,4,6-7,9,13H2,1-3,5H3/b14-10+. The summed E-state index contributed by atoms with van der Waals surface area (Å²) in [7, 11) is 0.888. The van der Waals surface area contributed by atoms with Gasteiger partial charge in [0.2, 0.25) is 0 Å². The lowest BCUT2D eigenvalue weighted by Gasteiger charge is -2.28. The van der Waals surface area contributed by atoms with Crippen LogP contribution in [-0.2, 0) is 9.39 Å². The van der Waals surface area contributed by atoms with E-state index in [4.69, 9.17) is 9.39 Å². The molecule has 1 heterocycles. The number of phenolic OH excluding ortho intramolecular Hbond substituents is 1. The van der Waals surface area contributed by atoms with Crippen molar-refractivity contribution in [1.29, 1.82) is 0 Å². The van der Waals surface area contributed by atoms with Gasteiger partial charge in [-0.1, -0.05) is 24.3 Å². The summed E-state index contributed by atoms with van der Waals surface area (Å²) < 4.78 is 10.9. The minimum Gasteiger partial charge on any atom is -0.507 e. The fourth-order valence-electron chi connectivity index (χ4n) is 3.32. The Morgan fingerprint density at radius 1 is 1.38 bits per heavy atom. The maximum atomic E-state index is 9.90. The molecule has 1 aliphatic heterocycles. The van der Waals surface area contributed by atoms with E-state index < -0.39 is 7.12 Å². The van der Waals surface area contributed by atoms with Crippen molar-refractivity contribution in [2.45, 2.75) is 46.0 Å². The molecule has 0 saturated carbocycles. The molecule has 1 aromatic carbocycles. The van der Waals surface area contributed by atoms with Crippen LogP contribution in [0.3, 0.4) is 0 Å². The predicted molar refractivity (Wildman–Crippen MR) is 107 cm³/mol. The zero-order valence-corrected chi connectivity index (χ0v) is 16.2. The van der Waals surface area contributed by atoms with E-state index in [1.807, 2.05) is 32.1 Å². The van der Waals surface area contributed by atoms with Crippen LogP contribution >= 0.6 is 0 Å². The SMILES string of the molecule is C=C(COC)C1=CCB(O)OC1CC/C(C)=C/c1cc(C)c(O)c(C)c1. The van der Waals surface area contributed by atoms with Gasteiger partial charge in [0, 0.05) is 13.4 Å². The van der Waals surface area contributed by atoms with Crippen LogP contribution in [0.4, 0.5) is 0 Å². The molecule has 0 aromatic heterocycles. The third kappa shape index (κ3) is 5.34. The van der Waals surface area contributed by atoms with Gasteiger partial charge in [-0.05, 0) is 73.6 Å². The van der Waals surface area contributed by atoms with Crippen LogP contribution < -0.4 is 0 Å². The lowest BCUT2D eigenvalue weighted by Crippen LogP contribution is -2.32. The van der Waals surface area contributed by atoms with Crippen molar-refractivity contribution >= 4 is 13.2 Å². The molecule has 0 spiro atoms. The van der Waals surface area contributed by atoms with Crippen molar-refractivity contribution in [2.24, 2.45) is 0 Å². The molecule has 0 aliphatic carbocycles. The van der Waals surface area contributed by atoms with E-state index in [9.17, 15) is 10.1 Å². The maximum absolute atomic E-state index is 9.90. The van der Waals surface area contributed by atoms with Gasteiger partial charge in [-0.15, -0.1) is 0 Å². The normalized spacial score (nSPS) is 18.0. The number of hydrogen-bond acceptors (Lipinski definition) is 4. The van der Waals surface area contributed by atoms with Gasteiger partial charge in [-0.2, -0.15) is 0 Å². The fourth-order valence-corrected chi connectivity index (χ4v) is 3.32. The topological polar surface area (TPSA) is 58.9 Å². The molecular weight excluding hydrogens is 327 g/mol. The first-order valence-electron chi connectivity index (χ1n) is 8.99. The van der Waals surface area contributed by atoms with Crippen molar-refractivity contribution < 1.29 is 19.5 Å². The molecule has 5 heteroatoms. The molecule has 4 nitrogen and oxygen atoms in total. The molecule has 0 amide bonds. The van der Waals surface area contributed by atoms with E-state index in [1.54, 1.807) is 7.11 Å². The predicted octanol–water partition coefficient (Wildman–Crippen LogP) is 4.20. The highest BCUT2D eigenvalue weighted by Crippen LogP contribution is 2.28. The Labute approximate surface area is 157 Å². The average molecular weight is 356 g/mol. The smallest absolute Gasteiger partial charge is 0.458 e. The number of allylic oxidation sites excluding steroid dienone is 2. The van der Waals surface area contributed by atoms with Crippen LogP contribution in [0, 0.1) is 13.8 Å². The van der Waals surface area contributed by atoms with Crippen molar-refractivity contribution in [3.8, 4) is 5.75 Å². The number of hydrogen-bond donors (Lipinski definition) is 2. The summed E-state index contributed by atoms with van der Waals surface area (Å²) in [4.78, 5) is 0. The molecule has 26 heavy (non-hydrogen) atoms. The molecule has 0 bridgehead atoms. The lowest BCUT2D eigenvalue weighted by molar-refractivity contribution is 0.176. The van der Waals surface area contributed by atoms with Crippen molar-refractivity contribution in [3.63, 3.8) is 0 Å². The van der Waals surface area contributed by atoms with Crippen molar-refractivity contribution in [3.05, 3.63) is 58.2 Å². The Balaban J connectivity index is 2.07. The molecule has 0 saturated heterocycles. The maximum Gasteiger partial charge on any atom is 0.458 e. The van der Waals surface area contributed by atoms with Gasteiger partial charge in [-0.3, -0.25) is 0 Å². The Morgan fingerprint density at radius 3 is 2.65 bits per heavy atom. The number of ether oxygens (including phenoxy) is 1. The molecule has 2 N–H and O–H groups in total. The second-order valence-electron chi connectivity index (χ2n) is 7.04. The number of aryl methyl sites for hydroxylation is 2. The highest BCUT2D eigenvalue weighted by molar-refractivity contribution is 6.43. The first kappa shape index (κ1) is 20.5. The number of phenols is 1. The van der Waals surface area contributed by atoms with Crippen molar-refractivity contribution in [2.75, 3.05) is 13.7 Å². The van der Waals surface area contributed by atoms with Crippen LogP contribution in [0.1, 0.15) is 36.5 Å². The van der Waals surface area contributed by atoms with Crippen LogP contribution in [0.2, 0.25) is 6.32 Å². The molecule has 1 aliphatic rings. The lowest BCUT2D eigenvalue weighted by atomic mass is 9.78. The molecule has 1 atom stereocenters. The quantitative estimate of drug-likeness (QED) is 0.719. The minimum atomic E-state index is -0.759. The summed E-state index contributed by atoms with van der Waals surface area (Å²) in [6, 6.07) is 3.97. The van der Waals surface area contributed by atoms with Crippen LogP contribution in [0.15, 0.2) is 41.5 Å². The first-order chi connectivity index (χ1) is 12.3. The Morgan fingerprint density at radius 2 is 2.04 bits per heavy atom. The minimum absolute atomic E-state index is 0.173. The van der Waals surface area contributed by atoms with Gasteiger partial charge in [0.05, 0.1) is 12.7 Å². The van der Waals surface area contributed by atoms with Gasteiger partial charge in [0.15, 0.2) is 0 Å². The average Bonchev–Trinajstić information content (AvgIpc) is 2.58. The molecule has 0 fully saturated rings. The Kier molecular flexibility index (Phi) is 7.27. The van der Waals surface area contributed by atoms with Crippen molar-refractivity contribution in [1.82, 2.24) is 0 Å². The molecule has 2 rings (SSSR count). The van der Waals surface area contributed by atoms with Crippen LogP contribution in [0.5, 0.6) is 5.75 Å². The third-order valence-corrected chi connectivity index (χ3v) is 4.66. The van der Waals surface area contributed by atoms with Gasteiger partial charge < -0.3 is 19.5 Å². The van der Waals surface area contributed by atoms with Gasteiger partial charge in [-0.25, -0.2) is 0 Å². The molecular formula is C21H29BO4. The number of methoxy groups -OCH3 is 1. The van der Waals surface area contributed by atoms with E-state index in [0.717, 1.165) is 40.7 Å². The zero-order valence-electron chi connectivity index (χ0n) is 16.2. The van der Waals surface area contributed by atoms with Crippen LogP contribution in [-0.4, -0.2) is 37.1 Å². The van der Waals surface area contributed by atoms with Gasteiger partial charge >= 0.3 is 7.12 Å². The summed E-state index contributed by atoms with van der Waals surface area (Å²) >= 11 is 0. The molecule has 0 radical (unpaired) electrons. The number of aromatic hydroxyl groups is 1. The summed E-state index contributed by atoms with van der Waals surface area (Å²) in [6.45, 7) is 10.4. The Bertz CT molecular complexity index is 698. The first-order valence-corrected chi connectivity index (χ1v) is 8.99. The van der Waals surface area contributed by atoms with Gasteiger partial charge in [0.25, 0.3) is 0 Å². The summed E-state index contributed by atoms with van der Waals surface area (Å²) in [5.41, 5.74) is 5.99. The molecule has 140 valence electrons. The highest BCUT2D eigenvalue weighted by atomic mass is 16.5. The fraction of sp³-hybridized carbons (Fsp3) is 0.429. The van der Waals surface area contributed by atoms with E-state index in [0.29, 0.717) is 18.7 Å². The third-order valence-electron chi connectivity index (χ3n) is 4.66. The summed E-state index contributed by atoms with van der Waals surface area (Å²) in [5, 5.41) is 19.7. The second-order valence-corrected chi connectivity index (χ2v) is 7.04. The monoisotopic (exact) mass is 356 g/mol. The van der Waals surface area contributed by atoms with E-state index in [-0.39, 0.29) is 6.10 Å². The zero-order chi connectivity index (χ0) is 19.3. The highest BCUT2D eigenvalue weighted by Gasteiger charge is 2.28. The summed E-state index contributed by atoms with van der Waals surface area (Å²) in [6.07, 6.45) is 6.05. The Hall–Kier alpha value is -1.82. The van der Waals surface area contributed by atoms with E-state index >= 15 is 0 Å². The van der Waals surface area contributed by atoms with Gasteiger partial charge in [0.1, 0.15) is 5.75 Å². The van der Waals surface area contributed by atoms with E-state index in [1.165, 1.54) is 5.57 Å². The largest absolute Gasteiger partial charge is 0.507 e. The number of rotatable bonds is 7. The second kappa shape index (κ2) is 9.22. The van der Waals surface area contributed by atoms with Crippen LogP contribution in [0.25, 0.3) is 6.08 Å². The number of benzene rings is 1. The van der Waals surface area contributed by atoms with E-state index in [2.05, 4.69) is 19.6 Å².